The third kappa shape index (κ3) is 2.52. The van der Waals surface area contributed by atoms with Gasteiger partial charge in [0.15, 0.2) is 0 Å². The maximum Gasteiger partial charge on any atom is 0.200 e. The van der Waals surface area contributed by atoms with Crippen molar-refractivity contribution < 1.29 is 8.42 Å². The maximum atomic E-state index is 12.2. The van der Waals surface area contributed by atoms with Gasteiger partial charge in [0, 0.05) is 44.7 Å². The van der Waals surface area contributed by atoms with Crippen molar-refractivity contribution in [3.63, 3.8) is 0 Å². The van der Waals surface area contributed by atoms with Crippen molar-refractivity contribution >= 4 is 15.4 Å². The topological polar surface area (TPSA) is 75.4 Å². The third-order valence-corrected chi connectivity index (χ3v) is 5.38. The Kier molecular flexibility index (Phi) is 3.64. The molecular weight excluding hydrogens is 274 g/mol. The smallest absolute Gasteiger partial charge is 0.200 e. The number of hydrogen-bond acceptors (Lipinski definition) is 5. The second-order valence-corrected chi connectivity index (χ2v) is 7.01. The molecule has 2 aliphatic rings. The predicted octanol–water partition coefficient (Wildman–Crippen LogP) is 0.179. The van der Waals surface area contributed by atoms with Crippen LogP contribution in [0.25, 0.3) is 5.57 Å². The number of nitrogens with zero attached hydrogens (tertiary/aromatic N) is 1. The van der Waals surface area contributed by atoms with E-state index in [0.717, 1.165) is 42.9 Å². The van der Waals surface area contributed by atoms with Crippen LogP contribution in [-0.2, 0) is 16.4 Å². The zero-order valence-electron chi connectivity index (χ0n) is 11.3. The first-order valence-corrected chi connectivity index (χ1v) is 8.37. The molecule has 1 aromatic rings. The van der Waals surface area contributed by atoms with E-state index in [2.05, 4.69) is 10.2 Å². The van der Waals surface area contributed by atoms with Crippen molar-refractivity contribution in [2.75, 3.05) is 32.7 Å². The summed E-state index contributed by atoms with van der Waals surface area (Å²) in [5, 5.41) is 4.71. The molecule has 1 aromatic carbocycles. The summed E-state index contributed by atoms with van der Waals surface area (Å²) < 4.78 is 24.5. The Hall–Kier alpha value is -1.21. The molecule has 0 aromatic heterocycles. The minimum Gasteiger partial charge on any atom is -0.326 e. The fraction of sp³-hybridized carbons (Fsp3) is 0.429. The van der Waals surface area contributed by atoms with Gasteiger partial charge < -0.3 is 11.1 Å². The van der Waals surface area contributed by atoms with Crippen LogP contribution in [0.1, 0.15) is 11.1 Å². The summed E-state index contributed by atoms with van der Waals surface area (Å²) in [5.74, 6) is 0. The molecule has 0 unspecified atom stereocenters. The molecule has 6 heteroatoms. The van der Waals surface area contributed by atoms with Crippen LogP contribution in [0.4, 0.5) is 0 Å². The molecule has 0 saturated carbocycles. The first kappa shape index (κ1) is 13.8. The Morgan fingerprint density at radius 2 is 2.00 bits per heavy atom. The Morgan fingerprint density at radius 3 is 2.70 bits per heavy atom. The lowest BCUT2D eigenvalue weighted by Crippen LogP contribution is -2.43. The number of nitrogens with two attached hydrogens (primary N) is 1. The Bertz CT molecular complexity index is 646. The predicted molar refractivity (Wildman–Crippen MR) is 78.8 cm³/mol. The molecule has 1 fully saturated rings. The van der Waals surface area contributed by atoms with Gasteiger partial charge in [-0.05, 0) is 22.8 Å². The monoisotopic (exact) mass is 293 g/mol. The van der Waals surface area contributed by atoms with Crippen LogP contribution in [-0.4, -0.2) is 46.0 Å². The van der Waals surface area contributed by atoms with Crippen molar-refractivity contribution in [1.82, 2.24) is 10.2 Å². The number of benzene rings is 1. The van der Waals surface area contributed by atoms with Crippen LogP contribution >= 0.6 is 0 Å². The van der Waals surface area contributed by atoms with Crippen LogP contribution in [0.5, 0.6) is 0 Å². The largest absolute Gasteiger partial charge is 0.326 e. The summed E-state index contributed by atoms with van der Waals surface area (Å²) in [6.45, 7) is 4.87. The highest BCUT2D eigenvalue weighted by atomic mass is 32.2. The molecule has 5 nitrogen and oxygen atoms in total. The number of piperazine rings is 1. The van der Waals surface area contributed by atoms with E-state index in [4.69, 9.17) is 5.73 Å². The highest BCUT2D eigenvalue weighted by molar-refractivity contribution is 7.95. The first-order valence-electron chi connectivity index (χ1n) is 6.82. The van der Waals surface area contributed by atoms with Crippen molar-refractivity contribution in [1.29, 1.82) is 0 Å². The van der Waals surface area contributed by atoms with Gasteiger partial charge in [0.1, 0.15) is 0 Å². The lowest BCUT2D eigenvalue weighted by Gasteiger charge is -2.27. The van der Waals surface area contributed by atoms with Gasteiger partial charge in [-0.25, -0.2) is 8.42 Å². The van der Waals surface area contributed by atoms with E-state index in [1.807, 2.05) is 12.1 Å². The van der Waals surface area contributed by atoms with Gasteiger partial charge in [0.25, 0.3) is 0 Å². The molecule has 0 atom stereocenters. The van der Waals surface area contributed by atoms with Gasteiger partial charge in [-0.1, -0.05) is 12.1 Å². The van der Waals surface area contributed by atoms with Crippen molar-refractivity contribution in [2.45, 2.75) is 11.4 Å². The molecule has 0 radical (unpaired) electrons. The molecule has 0 amide bonds. The zero-order chi connectivity index (χ0) is 14.2. The van der Waals surface area contributed by atoms with Gasteiger partial charge in [0.05, 0.1) is 4.90 Å². The zero-order valence-corrected chi connectivity index (χ0v) is 12.1. The van der Waals surface area contributed by atoms with Gasteiger partial charge in [-0.2, -0.15) is 0 Å². The Morgan fingerprint density at radius 1 is 1.25 bits per heavy atom. The first-order chi connectivity index (χ1) is 9.60. The standard InChI is InChI=1S/C14H19N3O2S/c15-8-11-1-2-13-12(9-17-5-3-16-4-6-17)10-20(18,19)14(13)7-11/h1-2,7,10,16H,3-6,8-9,15H2. The summed E-state index contributed by atoms with van der Waals surface area (Å²) in [6.07, 6.45) is 0. The number of hydrogen-bond donors (Lipinski definition) is 2. The van der Waals surface area contributed by atoms with Gasteiger partial charge in [0.2, 0.25) is 9.84 Å². The maximum absolute atomic E-state index is 12.2. The molecular formula is C14H19N3O2S. The average molecular weight is 293 g/mol. The van der Waals surface area contributed by atoms with Crippen molar-refractivity contribution in [3.8, 4) is 0 Å². The second-order valence-electron chi connectivity index (χ2n) is 5.25. The SMILES string of the molecule is NCc1ccc2c(c1)S(=O)(=O)C=C2CN1CCNCC1. The Balaban J connectivity index is 1.91. The van der Waals surface area contributed by atoms with E-state index in [9.17, 15) is 8.42 Å². The van der Waals surface area contributed by atoms with Crippen LogP contribution in [0.15, 0.2) is 28.5 Å². The number of nitrogens with one attached hydrogen (secondary N) is 1. The molecule has 2 heterocycles. The van der Waals surface area contributed by atoms with Crippen LogP contribution in [0.3, 0.4) is 0 Å². The molecule has 0 bridgehead atoms. The minimum atomic E-state index is -3.30. The fourth-order valence-electron chi connectivity index (χ4n) is 2.74. The van der Waals surface area contributed by atoms with E-state index < -0.39 is 9.84 Å². The number of sulfone groups is 1. The molecule has 2 aliphatic heterocycles. The molecule has 108 valence electrons. The van der Waals surface area contributed by atoms with Gasteiger partial charge >= 0.3 is 0 Å². The molecule has 3 rings (SSSR count). The summed E-state index contributed by atoms with van der Waals surface area (Å²) in [4.78, 5) is 2.69. The molecule has 3 N–H and O–H groups in total. The fourth-order valence-corrected chi connectivity index (χ4v) is 4.27. The molecule has 0 spiro atoms. The third-order valence-electron chi connectivity index (χ3n) is 3.84. The van der Waals surface area contributed by atoms with E-state index in [-0.39, 0.29) is 0 Å². The summed E-state index contributed by atoms with van der Waals surface area (Å²) in [6, 6.07) is 5.49. The minimum absolute atomic E-state index is 0.357. The molecule has 0 aliphatic carbocycles. The van der Waals surface area contributed by atoms with Crippen LogP contribution in [0.2, 0.25) is 0 Å². The van der Waals surface area contributed by atoms with Crippen LogP contribution < -0.4 is 11.1 Å². The summed E-state index contributed by atoms with van der Waals surface area (Å²) >= 11 is 0. The average Bonchev–Trinajstić information content (AvgIpc) is 2.71. The van der Waals surface area contributed by atoms with Gasteiger partial charge in [-0.3, -0.25) is 4.90 Å². The van der Waals surface area contributed by atoms with Crippen molar-refractivity contribution in [2.24, 2.45) is 5.73 Å². The molecule has 1 saturated heterocycles. The summed E-state index contributed by atoms with van der Waals surface area (Å²) in [5.41, 5.74) is 8.17. The Labute approximate surface area is 119 Å². The van der Waals surface area contributed by atoms with Crippen LogP contribution in [0, 0.1) is 0 Å². The summed E-state index contributed by atoms with van der Waals surface area (Å²) in [7, 11) is -3.30. The molecule has 20 heavy (non-hydrogen) atoms. The lowest BCUT2D eigenvalue weighted by atomic mass is 10.0. The number of rotatable bonds is 3. The van der Waals surface area contributed by atoms with Gasteiger partial charge in [-0.15, -0.1) is 0 Å². The van der Waals surface area contributed by atoms with E-state index in [1.54, 1.807) is 6.07 Å². The quantitative estimate of drug-likeness (QED) is 0.831. The number of fused-ring (bicyclic) bond motifs is 1. The highest BCUT2D eigenvalue weighted by Crippen LogP contribution is 2.34. The van der Waals surface area contributed by atoms with E-state index >= 15 is 0 Å². The normalized spacial score (nSPS) is 21.6. The van der Waals surface area contributed by atoms with E-state index in [1.165, 1.54) is 5.41 Å². The lowest BCUT2D eigenvalue weighted by molar-refractivity contribution is 0.268. The second kappa shape index (κ2) is 5.29. The van der Waals surface area contributed by atoms with Crippen molar-refractivity contribution in [3.05, 3.63) is 34.7 Å². The van der Waals surface area contributed by atoms with E-state index in [0.29, 0.717) is 18.0 Å². The highest BCUT2D eigenvalue weighted by Gasteiger charge is 2.28.